The Morgan fingerprint density at radius 3 is 3.00 bits per heavy atom. The smallest absolute Gasteiger partial charge is 0.244 e. The first-order valence-electron chi connectivity index (χ1n) is 6.65. The fourth-order valence-electron chi connectivity index (χ4n) is 2.11. The molecule has 0 aromatic carbocycles. The molecule has 2 rings (SSSR count). The lowest BCUT2D eigenvalue weighted by atomic mass is 10.3. The number of ether oxygens (including phenoxy) is 1. The summed E-state index contributed by atoms with van der Waals surface area (Å²) in [5, 5.41) is 8.69. The summed E-state index contributed by atoms with van der Waals surface area (Å²) in [7, 11) is -1.98. The number of pyridine rings is 1. The Bertz CT molecular complexity index is 648. The van der Waals surface area contributed by atoms with Crippen molar-refractivity contribution in [3.63, 3.8) is 0 Å². The molecule has 0 spiro atoms. The SMILES string of the molecule is COC1CCN(S(=O)(=O)c2cncc(C#CCCO)c2)C1. The maximum absolute atomic E-state index is 12.5. The number of aromatic nitrogens is 1. The van der Waals surface area contributed by atoms with Crippen LogP contribution in [0, 0.1) is 11.8 Å². The number of aliphatic hydroxyl groups is 1. The number of hydrogen-bond donors (Lipinski definition) is 1. The zero-order valence-electron chi connectivity index (χ0n) is 11.8. The zero-order chi connectivity index (χ0) is 15.3. The summed E-state index contributed by atoms with van der Waals surface area (Å²) in [6, 6.07) is 1.51. The average Bonchev–Trinajstić information content (AvgIpc) is 2.97. The summed E-state index contributed by atoms with van der Waals surface area (Å²) in [6.07, 6.45) is 3.82. The van der Waals surface area contributed by atoms with Gasteiger partial charge in [-0.05, 0) is 12.5 Å². The lowest BCUT2D eigenvalue weighted by molar-refractivity contribution is 0.115. The van der Waals surface area contributed by atoms with Gasteiger partial charge in [-0.15, -0.1) is 0 Å². The van der Waals surface area contributed by atoms with Crippen molar-refractivity contribution in [2.24, 2.45) is 0 Å². The van der Waals surface area contributed by atoms with Crippen molar-refractivity contribution in [1.82, 2.24) is 9.29 Å². The van der Waals surface area contributed by atoms with Gasteiger partial charge in [0.1, 0.15) is 4.90 Å². The van der Waals surface area contributed by atoms with Gasteiger partial charge in [0, 0.05) is 44.6 Å². The van der Waals surface area contributed by atoms with Gasteiger partial charge in [0.25, 0.3) is 0 Å². The number of hydrogen-bond acceptors (Lipinski definition) is 5. The van der Waals surface area contributed by atoms with E-state index in [0.29, 0.717) is 31.5 Å². The maximum atomic E-state index is 12.5. The first kappa shape index (κ1) is 15.9. The van der Waals surface area contributed by atoms with Gasteiger partial charge in [0.05, 0.1) is 12.7 Å². The first-order chi connectivity index (χ1) is 10.1. The van der Waals surface area contributed by atoms with Gasteiger partial charge in [-0.1, -0.05) is 11.8 Å². The van der Waals surface area contributed by atoms with E-state index in [1.165, 1.54) is 22.8 Å². The van der Waals surface area contributed by atoms with Gasteiger partial charge < -0.3 is 9.84 Å². The molecular weight excluding hydrogens is 292 g/mol. The van der Waals surface area contributed by atoms with Crippen LogP contribution in [0.1, 0.15) is 18.4 Å². The molecule has 1 aromatic rings. The van der Waals surface area contributed by atoms with Crippen LogP contribution in [-0.4, -0.2) is 55.7 Å². The third-order valence-corrected chi connectivity index (χ3v) is 5.09. The monoisotopic (exact) mass is 310 g/mol. The predicted molar refractivity (Wildman–Crippen MR) is 77.0 cm³/mol. The van der Waals surface area contributed by atoms with Crippen molar-refractivity contribution in [1.29, 1.82) is 0 Å². The quantitative estimate of drug-likeness (QED) is 0.805. The minimum absolute atomic E-state index is 0.0232. The van der Waals surface area contributed by atoms with Crippen LogP contribution >= 0.6 is 0 Å². The van der Waals surface area contributed by atoms with E-state index in [0.717, 1.165) is 0 Å². The number of nitrogens with zero attached hydrogens (tertiary/aromatic N) is 2. The van der Waals surface area contributed by atoms with E-state index >= 15 is 0 Å². The molecule has 0 bridgehead atoms. The van der Waals surface area contributed by atoms with Crippen LogP contribution in [0.25, 0.3) is 0 Å². The molecule has 1 saturated heterocycles. The molecule has 6 nitrogen and oxygen atoms in total. The molecule has 0 saturated carbocycles. The molecular formula is C14H18N2O4S. The molecule has 1 N–H and O–H groups in total. The van der Waals surface area contributed by atoms with Crippen molar-refractivity contribution in [3.05, 3.63) is 24.0 Å². The molecule has 0 aliphatic carbocycles. The van der Waals surface area contributed by atoms with Gasteiger partial charge >= 0.3 is 0 Å². The topological polar surface area (TPSA) is 79.7 Å². The molecule has 1 aliphatic rings. The Balaban J connectivity index is 2.21. The Morgan fingerprint density at radius 1 is 1.52 bits per heavy atom. The molecule has 1 aliphatic heterocycles. The number of methoxy groups -OCH3 is 1. The fraction of sp³-hybridized carbons (Fsp3) is 0.500. The van der Waals surface area contributed by atoms with Gasteiger partial charge in [-0.25, -0.2) is 8.42 Å². The van der Waals surface area contributed by atoms with Crippen molar-refractivity contribution in [3.8, 4) is 11.8 Å². The van der Waals surface area contributed by atoms with Gasteiger partial charge in [0.2, 0.25) is 10.0 Å². The van der Waals surface area contributed by atoms with E-state index in [1.807, 2.05) is 0 Å². The van der Waals surface area contributed by atoms with E-state index in [9.17, 15) is 8.42 Å². The highest BCUT2D eigenvalue weighted by atomic mass is 32.2. The van der Waals surface area contributed by atoms with Crippen LogP contribution in [0.3, 0.4) is 0 Å². The third kappa shape index (κ3) is 3.80. The Morgan fingerprint density at radius 2 is 2.33 bits per heavy atom. The van der Waals surface area contributed by atoms with Crippen LogP contribution in [0.4, 0.5) is 0 Å². The molecule has 21 heavy (non-hydrogen) atoms. The summed E-state index contributed by atoms with van der Waals surface area (Å²) < 4.78 is 31.6. The molecule has 0 radical (unpaired) electrons. The molecule has 2 heterocycles. The minimum atomic E-state index is -3.56. The van der Waals surface area contributed by atoms with Crippen molar-refractivity contribution >= 4 is 10.0 Å². The minimum Gasteiger partial charge on any atom is -0.395 e. The molecule has 1 unspecified atom stereocenters. The summed E-state index contributed by atoms with van der Waals surface area (Å²) in [5.74, 6) is 5.54. The van der Waals surface area contributed by atoms with Gasteiger partial charge in [-0.3, -0.25) is 4.98 Å². The summed E-state index contributed by atoms with van der Waals surface area (Å²) in [6.45, 7) is 0.783. The highest BCUT2D eigenvalue weighted by Crippen LogP contribution is 2.22. The maximum Gasteiger partial charge on any atom is 0.244 e. The zero-order valence-corrected chi connectivity index (χ0v) is 12.6. The van der Waals surface area contributed by atoms with Crippen LogP contribution in [-0.2, 0) is 14.8 Å². The van der Waals surface area contributed by atoms with Crippen molar-refractivity contribution in [2.75, 3.05) is 26.8 Å². The average molecular weight is 310 g/mol. The molecule has 1 fully saturated rings. The number of sulfonamides is 1. The summed E-state index contributed by atoms with van der Waals surface area (Å²) >= 11 is 0. The van der Waals surface area contributed by atoms with E-state index in [2.05, 4.69) is 16.8 Å². The highest BCUT2D eigenvalue weighted by molar-refractivity contribution is 7.89. The van der Waals surface area contributed by atoms with Gasteiger partial charge in [-0.2, -0.15) is 4.31 Å². The van der Waals surface area contributed by atoms with Crippen LogP contribution < -0.4 is 0 Å². The second kappa shape index (κ2) is 7.00. The standard InChI is InChI=1S/C14H18N2O4S/c1-20-13-5-6-16(11-13)21(18,19)14-8-12(9-15-10-14)4-2-3-7-17/h8-10,13,17H,3,5-7,11H2,1H3. The van der Waals surface area contributed by atoms with Gasteiger partial charge in [0.15, 0.2) is 0 Å². The number of aliphatic hydroxyl groups excluding tert-OH is 1. The molecule has 1 aromatic heterocycles. The molecule has 114 valence electrons. The first-order valence-corrected chi connectivity index (χ1v) is 8.09. The Hall–Kier alpha value is -1.46. The second-order valence-electron chi connectivity index (χ2n) is 4.69. The molecule has 1 atom stereocenters. The fourth-order valence-corrected chi connectivity index (χ4v) is 3.58. The largest absolute Gasteiger partial charge is 0.395 e. The lowest BCUT2D eigenvalue weighted by Crippen LogP contribution is -2.30. The van der Waals surface area contributed by atoms with E-state index in [1.54, 1.807) is 7.11 Å². The normalized spacial score (nSPS) is 19.2. The molecule has 7 heteroatoms. The summed E-state index contributed by atoms with van der Waals surface area (Å²) in [5.41, 5.74) is 0.520. The highest BCUT2D eigenvalue weighted by Gasteiger charge is 2.32. The van der Waals surface area contributed by atoms with E-state index in [4.69, 9.17) is 9.84 Å². The van der Waals surface area contributed by atoms with E-state index in [-0.39, 0.29) is 17.6 Å². The lowest BCUT2D eigenvalue weighted by Gasteiger charge is -2.16. The van der Waals surface area contributed by atoms with Crippen molar-refractivity contribution < 1.29 is 18.3 Å². The number of rotatable bonds is 4. The van der Waals surface area contributed by atoms with Crippen molar-refractivity contribution in [2.45, 2.75) is 23.8 Å². The van der Waals surface area contributed by atoms with Crippen LogP contribution in [0.2, 0.25) is 0 Å². The molecule has 0 amide bonds. The third-order valence-electron chi connectivity index (χ3n) is 3.26. The van der Waals surface area contributed by atoms with Crippen LogP contribution in [0.5, 0.6) is 0 Å². The van der Waals surface area contributed by atoms with E-state index < -0.39 is 10.0 Å². The Kier molecular flexibility index (Phi) is 5.31. The van der Waals surface area contributed by atoms with Crippen LogP contribution in [0.15, 0.2) is 23.4 Å². The second-order valence-corrected chi connectivity index (χ2v) is 6.63. The Labute approximate surface area is 124 Å². The summed E-state index contributed by atoms with van der Waals surface area (Å²) in [4.78, 5) is 4.07. The predicted octanol–water partition coefficient (Wildman–Crippen LogP) is 0.225.